The summed E-state index contributed by atoms with van der Waals surface area (Å²) in [5.41, 5.74) is 0. The molecule has 1 N–H and O–H groups in total. The third-order valence-corrected chi connectivity index (χ3v) is 8.42. The van der Waals surface area contributed by atoms with Crippen molar-refractivity contribution in [2.45, 2.75) is 64.0 Å². The molecule has 0 radical (unpaired) electrons. The first-order valence-corrected chi connectivity index (χ1v) is 10.2. The van der Waals surface area contributed by atoms with Crippen molar-refractivity contribution in [2.75, 3.05) is 7.11 Å². The van der Waals surface area contributed by atoms with E-state index in [9.17, 15) is 9.90 Å². The fourth-order valence-electron chi connectivity index (χ4n) is 1.47. The molecule has 0 unspecified atom stereocenters. The number of rotatable bonds is 8. The van der Waals surface area contributed by atoms with Gasteiger partial charge in [0.15, 0.2) is 8.32 Å². The van der Waals surface area contributed by atoms with Gasteiger partial charge in [0.1, 0.15) is 0 Å². The van der Waals surface area contributed by atoms with Crippen molar-refractivity contribution >= 4 is 14.3 Å². The molecular weight excluding hydrogens is 284 g/mol. The summed E-state index contributed by atoms with van der Waals surface area (Å²) in [4.78, 5) is 11.0. The van der Waals surface area contributed by atoms with Crippen molar-refractivity contribution in [3.63, 3.8) is 0 Å². The molecule has 0 aliphatic rings. The van der Waals surface area contributed by atoms with E-state index in [0.717, 1.165) is 0 Å². The molecule has 5 heteroatoms. The minimum Gasteiger partial charge on any atom is -0.466 e. The Hall–Kier alpha value is -0.913. The Morgan fingerprint density at radius 2 is 1.90 bits per heavy atom. The van der Waals surface area contributed by atoms with Gasteiger partial charge in [0, 0.05) is 6.08 Å². The van der Waals surface area contributed by atoms with Crippen molar-refractivity contribution in [3.05, 3.63) is 24.8 Å². The van der Waals surface area contributed by atoms with Gasteiger partial charge in [-0.25, -0.2) is 4.79 Å². The molecule has 0 heterocycles. The molecule has 0 amide bonds. The van der Waals surface area contributed by atoms with Crippen LogP contribution in [0.4, 0.5) is 0 Å². The Kier molecular flexibility index (Phi) is 8.14. The number of carbonyl (C=O) groups is 1. The average Bonchev–Trinajstić information content (AvgIpc) is 2.39. The van der Waals surface area contributed by atoms with Gasteiger partial charge >= 0.3 is 5.97 Å². The maximum atomic E-state index is 11.0. The van der Waals surface area contributed by atoms with E-state index >= 15 is 0 Å². The summed E-state index contributed by atoms with van der Waals surface area (Å²) in [5.74, 6) is -0.466. The predicted molar refractivity (Wildman–Crippen MR) is 88.7 cm³/mol. The van der Waals surface area contributed by atoms with Crippen molar-refractivity contribution < 1.29 is 19.1 Å². The standard InChI is InChI=1S/C16H30O4Si/c1-8-14(20-21(6,7)16(2,3)4)11-9-13(17)10-12-15(18)19-5/h8,10,12-14,17H,1,9,11H2,2-7H3/b12-10+/t13-,14-/m0/s1. The Bertz CT molecular complexity index is 369. The van der Waals surface area contributed by atoms with Gasteiger partial charge in [-0.1, -0.05) is 26.8 Å². The molecule has 4 nitrogen and oxygen atoms in total. The largest absolute Gasteiger partial charge is 0.466 e. The molecule has 0 rings (SSSR count). The highest BCUT2D eigenvalue weighted by atomic mass is 28.4. The van der Waals surface area contributed by atoms with Gasteiger partial charge in [-0.2, -0.15) is 0 Å². The first-order chi connectivity index (χ1) is 9.53. The van der Waals surface area contributed by atoms with Gasteiger partial charge in [-0.15, -0.1) is 6.58 Å². The van der Waals surface area contributed by atoms with Crippen molar-refractivity contribution in [1.29, 1.82) is 0 Å². The van der Waals surface area contributed by atoms with E-state index in [0.29, 0.717) is 12.8 Å². The number of methoxy groups -OCH3 is 1. The second kappa shape index (κ2) is 8.51. The van der Waals surface area contributed by atoms with E-state index in [4.69, 9.17) is 4.43 Å². The zero-order valence-electron chi connectivity index (χ0n) is 14.2. The van der Waals surface area contributed by atoms with Gasteiger partial charge in [0.25, 0.3) is 0 Å². The summed E-state index contributed by atoms with van der Waals surface area (Å²) in [7, 11) is -0.543. The monoisotopic (exact) mass is 314 g/mol. The van der Waals surface area contributed by atoms with Gasteiger partial charge in [0.05, 0.1) is 19.3 Å². The Morgan fingerprint density at radius 3 is 2.33 bits per heavy atom. The van der Waals surface area contributed by atoms with Crippen LogP contribution in [0.2, 0.25) is 18.1 Å². The summed E-state index contributed by atoms with van der Waals surface area (Å²) < 4.78 is 10.7. The predicted octanol–water partition coefficient (Wildman–Crippen LogP) is 3.43. The quantitative estimate of drug-likeness (QED) is 0.323. The molecule has 2 atom stereocenters. The fourth-order valence-corrected chi connectivity index (χ4v) is 2.79. The zero-order valence-corrected chi connectivity index (χ0v) is 15.2. The third-order valence-electron chi connectivity index (χ3n) is 3.92. The highest BCUT2D eigenvalue weighted by molar-refractivity contribution is 6.74. The van der Waals surface area contributed by atoms with Crippen molar-refractivity contribution in [2.24, 2.45) is 0 Å². The van der Waals surface area contributed by atoms with Crippen LogP contribution in [0.15, 0.2) is 24.8 Å². The second-order valence-corrected chi connectivity index (χ2v) is 11.4. The summed E-state index contributed by atoms with van der Waals surface area (Å²) >= 11 is 0. The first kappa shape index (κ1) is 20.1. The Morgan fingerprint density at radius 1 is 1.33 bits per heavy atom. The number of carbonyl (C=O) groups excluding carboxylic acids is 1. The topological polar surface area (TPSA) is 55.8 Å². The highest BCUT2D eigenvalue weighted by Gasteiger charge is 2.38. The summed E-state index contributed by atoms with van der Waals surface area (Å²) in [6, 6.07) is 0. The van der Waals surface area contributed by atoms with Crippen LogP contribution in [0.5, 0.6) is 0 Å². The molecular formula is C16H30O4Si. The number of esters is 1. The van der Waals surface area contributed by atoms with E-state index in [1.54, 1.807) is 6.08 Å². The van der Waals surface area contributed by atoms with E-state index in [2.05, 4.69) is 45.2 Å². The molecule has 0 saturated carbocycles. The van der Waals surface area contributed by atoms with Crippen LogP contribution in [0.3, 0.4) is 0 Å². The Labute approximate surface area is 130 Å². The van der Waals surface area contributed by atoms with Gasteiger partial charge < -0.3 is 14.3 Å². The van der Waals surface area contributed by atoms with Crippen LogP contribution in [-0.2, 0) is 14.0 Å². The number of aliphatic hydroxyl groups excluding tert-OH is 1. The fraction of sp³-hybridized carbons (Fsp3) is 0.688. The van der Waals surface area contributed by atoms with Crippen LogP contribution < -0.4 is 0 Å². The lowest BCUT2D eigenvalue weighted by atomic mass is 10.1. The van der Waals surface area contributed by atoms with Gasteiger partial charge in [-0.3, -0.25) is 0 Å². The van der Waals surface area contributed by atoms with Crippen LogP contribution in [0, 0.1) is 0 Å². The van der Waals surface area contributed by atoms with Crippen LogP contribution in [-0.4, -0.2) is 38.7 Å². The summed E-state index contributed by atoms with van der Waals surface area (Å²) in [6.45, 7) is 14.8. The maximum absolute atomic E-state index is 11.0. The molecule has 0 aliphatic heterocycles. The van der Waals surface area contributed by atoms with Crippen molar-refractivity contribution in [1.82, 2.24) is 0 Å². The van der Waals surface area contributed by atoms with Crippen molar-refractivity contribution in [3.8, 4) is 0 Å². The Balaban J connectivity index is 4.44. The van der Waals surface area contributed by atoms with Gasteiger partial charge in [-0.05, 0) is 37.0 Å². The first-order valence-electron chi connectivity index (χ1n) is 7.28. The zero-order chi connectivity index (χ0) is 16.7. The molecule has 0 bridgehead atoms. The lowest BCUT2D eigenvalue weighted by Crippen LogP contribution is -2.43. The molecule has 0 aliphatic carbocycles. The summed E-state index contributed by atoms with van der Waals surface area (Å²) in [6.07, 6.45) is 4.89. The minimum absolute atomic E-state index is 0.0768. The highest BCUT2D eigenvalue weighted by Crippen LogP contribution is 2.37. The van der Waals surface area contributed by atoms with E-state index in [1.807, 2.05) is 0 Å². The number of aliphatic hydroxyl groups is 1. The van der Waals surface area contributed by atoms with E-state index in [1.165, 1.54) is 19.3 Å². The van der Waals surface area contributed by atoms with Gasteiger partial charge in [0.2, 0.25) is 0 Å². The van der Waals surface area contributed by atoms with E-state index < -0.39 is 20.4 Å². The molecule has 0 aromatic heterocycles. The lowest BCUT2D eigenvalue weighted by Gasteiger charge is -2.38. The molecule has 0 saturated heterocycles. The minimum atomic E-state index is -1.85. The second-order valence-electron chi connectivity index (χ2n) is 6.68. The molecule has 0 aromatic rings. The van der Waals surface area contributed by atoms with Crippen LogP contribution in [0.25, 0.3) is 0 Å². The molecule has 0 aromatic carbocycles. The van der Waals surface area contributed by atoms with Crippen LogP contribution in [0.1, 0.15) is 33.6 Å². The molecule has 21 heavy (non-hydrogen) atoms. The summed E-state index contributed by atoms with van der Waals surface area (Å²) in [5, 5.41) is 9.96. The normalized spacial score (nSPS) is 15.8. The molecule has 0 spiro atoms. The third kappa shape index (κ3) is 7.60. The molecule has 122 valence electrons. The SMILES string of the molecule is C=C[C@@H](CC[C@H](O)/C=C/C(=O)OC)O[Si](C)(C)C(C)(C)C. The smallest absolute Gasteiger partial charge is 0.330 e. The van der Waals surface area contributed by atoms with E-state index in [-0.39, 0.29) is 11.1 Å². The molecule has 0 fully saturated rings. The lowest BCUT2D eigenvalue weighted by molar-refractivity contribution is -0.134. The van der Waals surface area contributed by atoms with Crippen LogP contribution >= 0.6 is 0 Å². The number of hydrogen-bond donors (Lipinski definition) is 1. The maximum Gasteiger partial charge on any atom is 0.330 e. The number of hydrogen-bond acceptors (Lipinski definition) is 4. The average molecular weight is 314 g/mol. The number of ether oxygens (including phenoxy) is 1.